The Kier molecular flexibility index (Phi) is 4.13. The Morgan fingerprint density at radius 2 is 2.16 bits per heavy atom. The molecule has 25 heavy (non-hydrogen) atoms. The number of aromatic nitrogens is 4. The first kappa shape index (κ1) is 16.4. The third kappa shape index (κ3) is 2.68. The molecule has 0 unspecified atom stereocenters. The van der Waals surface area contributed by atoms with Crippen molar-refractivity contribution >= 4 is 5.91 Å². The highest BCUT2D eigenvalue weighted by Crippen LogP contribution is 2.33. The number of amides is 1. The third-order valence-electron chi connectivity index (χ3n) is 5.72. The van der Waals surface area contributed by atoms with E-state index in [2.05, 4.69) is 23.4 Å². The molecule has 134 valence electrons. The van der Waals surface area contributed by atoms with Crippen LogP contribution in [0, 0.1) is 12.8 Å². The molecule has 1 aliphatic carbocycles. The second-order valence-corrected chi connectivity index (χ2v) is 7.41. The molecule has 0 bridgehead atoms. The van der Waals surface area contributed by atoms with Crippen LogP contribution in [0.1, 0.15) is 49.6 Å². The van der Waals surface area contributed by atoms with Crippen molar-refractivity contribution in [2.45, 2.75) is 59.0 Å². The van der Waals surface area contributed by atoms with Gasteiger partial charge in [-0.1, -0.05) is 13.3 Å². The van der Waals surface area contributed by atoms with Gasteiger partial charge in [0.2, 0.25) is 5.91 Å². The number of rotatable bonds is 4. The lowest BCUT2D eigenvalue weighted by Gasteiger charge is -2.34. The van der Waals surface area contributed by atoms with Crippen LogP contribution in [0.15, 0.2) is 6.20 Å². The quantitative estimate of drug-likeness (QED) is 0.859. The van der Waals surface area contributed by atoms with Gasteiger partial charge in [0.25, 0.3) is 0 Å². The first-order valence-corrected chi connectivity index (χ1v) is 9.46. The normalized spacial score (nSPS) is 17.5. The minimum atomic E-state index is 0.256. The van der Waals surface area contributed by atoms with Crippen LogP contribution >= 0.6 is 0 Å². The highest BCUT2D eigenvalue weighted by molar-refractivity contribution is 5.80. The van der Waals surface area contributed by atoms with Gasteiger partial charge < -0.3 is 9.47 Å². The summed E-state index contributed by atoms with van der Waals surface area (Å²) < 4.78 is 4.23. The minimum Gasteiger partial charge on any atom is -0.338 e. The molecule has 0 saturated heterocycles. The predicted molar refractivity (Wildman–Crippen MR) is 95.9 cm³/mol. The fraction of sp³-hybridized carbons (Fsp3) is 0.632. The van der Waals surface area contributed by atoms with E-state index in [9.17, 15) is 4.79 Å². The van der Waals surface area contributed by atoms with Crippen molar-refractivity contribution < 1.29 is 4.79 Å². The maximum atomic E-state index is 12.7. The maximum Gasteiger partial charge on any atom is 0.225 e. The summed E-state index contributed by atoms with van der Waals surface area (Å²) in [5, 5.41) is 4.79. The van der Waals surface area contributed by atoms with Crippen LogP contribution in [0.4, 0.5) is 0 Å². The number of imidazole rings is 1. The molecule has 1 fully saturated rings. The number of nitrogens with zero attached hydrogens (tertiary/aromatic N) is 5. The number of fused-ring (bicyclic) bond motifs is 1. The first-order valence-electron chi connectivity index (χ1n) is 9.46. The lowest BCUT2D eigenvalue weighted by Crippen LogP contribution is -2.42. The molecule has 0 spiro atoms. The lowest BCUT2D eigenvalue weighted by atomic mass is 9.84. The minimum absolute atomic E-state index is 0.256. The van der Waals surface area contributed by atoms with Crippen LogP contribution in [-0.4, -0.2) is 36.7 Å². The highest BCUT2D eigenvalue weighted by Gasteiger charge is 2.34. The largest absolute Gasteiger partial charge is 0.338 e. The highest BCUT2D eigenvalue weighted by atomic mass is 16.2. The van der Waals surface area contributed by atoms with Crippen LogP contribution in [0.25, 0.3) is 11.5 Å². The van der Waals surface area contributed by atoms with Crippen molar-refractivity contribution in [1.82, 2.24) is 24.2 Å². The Morgan fingerprint density at radius 1 is 1.36 bits per heavy atom. The summed E-state index contributed by atoms with van der Waals surface area (Å²) in [7, 11) is 2.01. The van der Waals surface area contributed by atoms with E-state index in [0.29, 0.717) is 12.5 Å². The van der Waals surface area contributed by atoms with Gasteiger partial charge in [0.15, 0.2) is 5.82 Å². The van der Waals surface area contributed by atoms with Gasteiger partial charge in [-0.2, -0.15) is 5.10 Å². The lowest BCUT2D eigenvalue weighted by molar-refractivity contribution is -0.139. The van der Waals surface area contributed by atoms with Crippen molar-refractivity contribution in [1.29, 1.82) is 0 Å². The third-order valence-corrected chi connectivity index (χ3v) is 5.72. The number of hydrogen-bond donors (Lipinski definition) is 0. The Morgan fingerprint density at radius 3 is 2.84 bits per heavy atom. The Hall–Kier alpha value is -2.11. The van der Waals surface area contributed by atoms with E-state index < -0.39 is 0 Å². The molecule has 0 N–H and O–H groups in total. The second kappa shape index (κ2) is 6.32. The van der Waals surface area contributed by atoms with Crippen molar-refractivity contribution in [3.8, 4) is 11.5 Å². The van der Waals surface area contributed by atoms with Gasteiger partial charge >= 0.3 is 0 Å². The van der Waals surface area contributed by atoms with E-state index in [1.165, 1.54) is 17.7 Å². The van der Waals surface area contributed by atoms with Crippen LogP contribution in [-0.2, 0) is 31.4 Å². The van der Waals surface area contributed by atoms with Crippen LogP contribution in [0.2, 0.25) is 0 Å². The molecule has 0 atom stereocenters. The van der Waals surface area contributed by atoms with Gasteiger partial charge in [-0.15, -0.1) is 0 Å². The average molecular weight is 341 g/mol. The Bertz CT molecular complexity index is 799. The van der Waals surface area contributed by atoms with Crippen LogP contribution in [0.3, 0.4) is 0 Å². The zero-order valence-corrected chi connectivity index (χ0v) is 15.5. The summed E-state index contributed by atoms with van der Waals surface area (Å²) in [5.74, 6) is 1.53. The predicted octanol–water partition coefficient (Wildman–Crippen LogP) is 2.69. The second-order valence-electron chi connectivity index (χ2n) is 7.41. The summed E-state index contributed by atoms with van der Waals surface area (Å²) in [4.78, 5) is 19.4. The molecular formula is C19H27N5O. The Balaban J connectivity index is 1.69. The molecule has 3 heterocycles. The van der Waals surface area contributed by atoms with Crippen molar-refractivity contribution in [3.63, 3.8) is 0 Å². The van der Waals surface area contributed by atoms with Crippen LogP contribution < -0.4 is 0 Å². The number of carbonyl (C=O) groups excluding carboxylic acids is 1. The SMILES string of the molecule is CCCn1c(C)cnc1-c1nn(C)c2c1CN(C(=O)C1CCC1)CC2. The maximum absolute atomic E-state index is 12.7. The van der Waals surface area contributed by atoms with Gasteiger partial charge in [0.1, 0.15) is 5.69 Å². The number of hydrogen-bond acceptors (Lipinski definition) is 3. The van der Waals surface area contributed by atoms with Gasteiger partial charge in [-0.05, 0) is 26.2 Å². The number of aryl methyl sites for hydroxylation is 2. The average Bonchev–Trinajstić information content (AvgIpc) is 3.07. The van der Waals surface area contributed by atoms with E-state index in [1.807, 2.05) is 22.8 Å². The molecule has 1 amide bonds. The molecule has 0 radical (unpaired) electrons. The van der Waals surface area contributed by atoms with Gasteiger partial charge in [0.05, 0.1) is 0 Å². The fourth-order valence-electron chi connectivity index (χ4n) is 4.03. The van der Waals surface area contributed by atoms with E-state index in [0.717, 1.165) is 56.0 Å². The van der Waals surface area contributed by atoms with Crippen molar-refractivity contribution in [3.05, 3.63) is 23.1 Å². The molecule has 2 aliphatic rings. The smallest absolute Gasteiger partial charge is 0.225 e. The molecule has 2 aromatic rings. The van der Waals surface area contributed by atoms with Crippen LogP contribution in [0.5, 0.6) is 0 Å². The molecule has 4 rings (SSSR count). The molecule has 6 heteroatoms. The topological polar surface area (TPSA) is 56.0 Å². The Labute approximate surface area is 148 Å². The van der Waals surface area contributed by atoms with Gasteiger partial charge in [0, 0.05) is 62.2 Å². The molecule has 6 nitrogen and oxygen atoms in total. The monoisotopic (exact) mass is 341 g/mol. The summed E-state index contributed by atoms with van der Waals surface area (Å²) in [6.07, 6.45) is 7.17. The number of carbonyl (C=O) groups is 1. The molecular weight excluding hydrogens is 314 g/mol. The van der Waals surface area contributed by atoms with E-state index in [-0.39, 0.29) is 5.92 Å². The van der Waals surface area contributed by atoms with Crippen molar-refractivity contribution in [2.24, 2.45) is 13.0 Å². The van der Waals surface area contributed by atoms with E-state index >= 15 is 0 Å². The summed E-state index contributed by atoms with van der Waals surface area (Å²) in [6.45, 7) is 6.69. The molecule has 0 aromatic carbocycles. The molecule has 1 aliphatic heterocycles. The van der Waals surface area contributed by atoms with E-state index in [4.69, 9.17) is 5.10 Å². The molecule has 2 aromatic heterocycles. The fourth-order valence-corrected chi connectivity index (χ4v) is 4.03. The van der Waals surface area contributed by atoms with E-state index in [1.54, 1.807) is 0 Å². The standard InChI is InChI=1S/C19H27N5O/c1-4-9-24-13(2)11-20-18(24)17-15-12-23(19(25)14-6-5-7-14)10-8-16(15)22(3)21-17/h11,14H,4-10,12H2,1-3H3. The van der Waals surface area contributed by atoms with Crippen molar-refractivity contribution in [2.75, 3.05) is 6.54 Å². The summed E-state index contributed by atoms with van der Waals surface area (Å²) in [6, 6.07) is 0. The zero-order chi connectivity index (χ0) is 17.6. The molecule has 1 saturated carbocycles. The van der Waals surface area contributed by atoms with Gasteiger partial charge in [-0.25, -0.2) is 4.98 Å². The first-order chi connectivity index (χ1) is 12.1. The summed E-state index contributed by atoms with van der Waals surface area (Å²) in [5.41, 5.74) is 4.54. The van der Waals surface area contributed by atoms with Gasteiger partial charge in [-0.3, -0.25) is 9.48 Å². The zero-order valence-electron chi connectivity index (χ0n) is 15.5. The summed E-state index contributed by atoms with van der Waals surface area (Å²) >= 11 is 0.